The fourth-order valence-corrected chi connectivity index (χ4v) is 1.95. The van der Waals surface area contributed by atoms with Crippen LogP contribution in [0.4, 0.5) is 0 Å². The van der Waals surface area contributed by atoms with E-state index in [4.69, 9.17) is 22.1 Å². The van der Waals surface area contributed by atoms with Crippen LogP contribution in [0.2, 0.25) is 5.02 Å². The van der Waals surface area contributed by atoms with Gasteiger partial charge >= 0.3 is 0 Å². The number of nitrogens with one attached hydrogen (secondary N) is 1. The molecule has 0 bridgehead atoms. The predicted molar refractivity (Wildman–Crippen MR) is 77.4 cm³/mol. The third-order valence-electron chi connectivity index (χ3n) is 2.94. The summed E-state index contributed by atoms with van der Waals surface area (Å²) in [5.41, 5.74) is 6.44. The number of halogens is 1. The minimum atomic E-state index is -0.132. The summed E-state index contributed by atoms with van der Waals surface area (Å²) in [5.74, 6) is 0.367. The fourth-order valence-electron chi connectivity index (χ4n) is 1.69. The molecule has 1 amide bonds. The number of amides is 1. The number of carbonyl (C=O) groups excluding carboxylic acids is 1. The molecule has 106 valence electrons. The highest BCUT2D eigenvalue weighted by molar-refractivity contribution is 6.32. The lowest BCUT2D eigenvalue weighted by atomic mass is 10.2. The molecule has 0 aliphatic rings. The van der Waals surface area contributed by atoms with E-state index in [1.165, 1.54) is 0 Å². The first-order valence-electron chi connectivity index (χ1n) is 6.51. The van der Waals surface area contributed by atoms with Gasteiger partial charge in [0.1, 0.15) is 5.75 Å². The van der Waals surface area contributed by atoms with Gasteiger partial charge < -0.3 is 15.8 Å². The summed E-state index contributed by atoms with van der Waals surface area (Å²) < 4.78 is 5.40. The molecule has 19 heavy (non-hydrogen) atoms. The van der Waals surface area contributed by atoms with Crippen LogP contribution in [0.25, 0.3) is 0 Å². The van der Waals surface area contributed by atoms with E-state index in [2.05, 4.69) is 5.32 Å². The first-order chi connectivity index (χ1) is 9.10. The lowest BCUT2D eigenvalue weighted by molar-refractivity contribution is -0.123. The van der Waals surface area contributed by atoms with E-state index < -0.39 is 0 Å². The van der Waals surface area contributed by atoms with Gasteiger partial charge in [0.25, 0.3) is 5.91 Å². The average Bonchev–Trinajstić information content (AvgIpc) is 2.43. The zero-order chi connectivity index (χ0) is 14.3. The molecule has 0 unspecified atom stereocenters. The molecule has 0 aliphatic heterocycles. The Balaban J connectivity index is 2.50. The summed E-state index contributed by atoms with van der Waals surface area (Å²) in [5, 5.41) is 3.37. The molecular weight excluding hydrogens is 264 g/mol. The summed E-state index contributed by atoms with van der Waals surface area (Å²) in [6, 6.07) is 5.51. The number of ether oxygens (including phenoxy) is 1. The topological polar surface area (TPSA) is 64.3 Å². The molecule has 0 aliphatic carbocycles. The molecule has 0 saturated heterocycles. The van der Waals surface area contributed by atoms with Crippen molar-refractivity contribution < 1.29 is 9.53 Å². The normalized spacial score (nSPS) is 10.6. The molecule has 0 saturated carbocycles. The smallest absolute Gasteiger partial charge is 0.258 e. The molecule has 0 heterocycles. The minimum Gasteiger partial charge on any atom is -0.482 e. The molecule has 3 N–H and O–H groups in total. The van der Waals surface area contributed by atoms with Gasteiger partial charge in [0, 0.05) is 12.6 Å². The largest absolute Gasteiger partial charge is 0.482 e. The third-order valence-corrected chi connectivity index (χ3v) is 3.24. The van der Waals surface area contributed by atoms with Crippen molar-refractivity contribution in [1.82, 2.24) is 5.32 Å². The van der Waals surface area contributed by atoms with Gasteiger partial charge in [0.2, 0.25) is 0 Å². The first-order valence-corrected chi connectivity index (χ1v) is 6.89. The number of nitrogens with two attached hydrogens (primary N) is 1. The predicted octanol–water partition coefficient (Wildman–Crippen LogP) is 2.48. The SMILES string of the molecule is CCC(CC)NC(=O)COc1ccc(CN)cc1Cl. The van der Waals surface area contributed by atoms with Gasteiger partial charge in [0.05, 0.1) is 5.02 Å². The summed E-state index contributed by atoms with van der Waals surface area (Å²) in [6.07, 6.45) is 1.82. The van der Waals surface area contributed by atoms with Crippen LogP contribution in [0.5, 0.6) is 5.75 Å². The lowest BCUT2D eigenvalue weighted by Crippen LogP contribution is -2.37. The van der Waals surface area contributed by atoms with E-state index in [0.29, 0.717) is 17.3 Å². The van der Waals surface area contributed by atoms with E-state index in [9.17, 15) is 4.79 Å². The quantitative estimate of drug-likeness (QED) is 0.808. The van der Waals surface area contributed by atoms with Gasteiger partial charge in [-0.2, -0.15) is 0 Å². The Hall–Kier alpha value is -1.26. The molecule has 0 radical (unpaired) electrons. The van der Waals surface area contributed by atoms with Gasteiger partial charge in [-0.3, -0.25) is 4.79 Å². The minimum absolute atomic E-state index is 0.0296. The third kappa shape index (κ3) is 5.09. The molecule has 0 atom stereocenters. The van der Waals surface area contributed by atoms with Gasteiger partial charge in [-0.15, -0.1) is 0 Å². The van der Waals surface area contributed by atoms with Crippen LogP contribution in [0, 0.1) is 0 Å². The van der Waals surface area contributed by atoms with E-state index in [1.807, 2.05) is 19.9 Å². The summed E-state index contributed by atoms with van der Waals surface area (Å²) in [4.78, 5) is 11.7. The maximum atomic E-state index is 11.7. The van der Waals surface area contributed by atoms with Crippen molar-refractivity contribution in [2.45, 2.75) is 39.3 Å². The number of rotatable bonds is 7. The maximum Gasteiger partial charge on any atom is 0.258 e. The van der Waals surface area contributed by atoms with Gasteiger partial charge in [0.15, 0.2) is 6.61 Å². The second-order valence-electron chi connectivity index (χ2n) is 4.34. The zero-order valence-electron chi connectivity index (χ0n) is 11.4. The lowest BCUT2D eigenvalue weighted by Gasteiger charge is -2.15. The van der Waals surface area contributed by atoms with Gasteiger partial charge in [-0.25, -0.2) is 0 Å². The Kier molecular flexibility index (Phi) is 6.67. The standard InChI is InChI=1S/C14H21ClN2O2/c1-3-11(4-2)17-14(18)9-19-13-6-5-10(8-16)7-12(13)15/h5-7,11H,3-4,8-9,16H2,1-2H3,(H,17,18). The van der Waals surface area contributed by atoms with Crippen molar-refractivity contribution in [3.05, 3.63) is 28.8 Å². The summed E-state index contributed by atoms with van der Waals surface area (Å²) >= 11 is 6.04. The van der Waals surface area contributed by atoms with Gasteiger partial charge in [-0.05, 0) is 30.5 Å². The first kappa shape index (κ1) is 15.8. The van der Waals surface area contributed by atoms with E-state index in [-0.39, 0.29) is 18.6 Å². The molecule has 1 rings (SSSR count). The molecule has 1 aromatic carbocycles. The van der Waals surface area contributed by atoms with Crippen LogP contribution in [0.1, 0.15) is 32.3 Å². The second-order valence-corrected chi connectivity index (χ2v) is 4.75. The molecule has 0 fully saturated rings. The van der Waals surface area contributed by atoms with Crippen molar-refractivity contribution in [2.75, 3.05) is 6.61 Å². The van der Waals surface area contributed by atoms with Gasteiger partial charge in [-0.1, -0.05) is 31.5 Å². The highest BCUT2D eigenvalue weighted by atomic mass is 35.5. The fraction of sp³-hybridized carbons (Fsp3) is 0.500. The van der Waals surface area contributed by atoms with Crippen LogP contribution in [-0.2, 0) is 11.3 Å². The van der Waals surface area contributed by atoms with Crippen LogP contribution in [-0.4, -0.2) is 18.6 Å². The highest BCUT2D eigenvalue weighted by Gasteiger charge is 2.10. The second kappa shape index (κ2) is 8.02. The Morgan fingerprint density at radius 1 is 1.42 bits per heavy atom. The van der Waals surface area contributed by atoms with E-state index >= 15 is 0 Å². The Morgan fingerprint density at radius 3 is 2.63 bits per heavy atom. The summed E-state index contributed by atoms with van der Waals surface area (Å²) in [7, 11) is 0. The van der Waals surface area contributed by atoms with Crippen molar-refractivity contribution in [3.8, 4) is 5.75 Å². The molecule has 4 nitrogen and oxygen atoms in total. The molecule has 0 aromatic heterocycles. The summed E-state index contributed by atoms with van der Waals surface area (Å²) in [6.45, 7) is 4.47. The molecule has 0 spiro atoms. The van der Waals surface area contributed by atoms with Crippen molar-refractivity contribution >= 4 is 17.5 Å². The van der Waals surface area contributed by atoms with E-state index in [1.54, 1.807) is 12.1 Å². The van der Waals surface area contributed by atoms with E-state index in [0.717, 1.165) is 18.4 Å². The van der Waals surface area contributed by atoms with Crippen LogP contribution >= 0.6 is 11.6 Å². The number of hydrogen-bond donors (Lipinski definition) is 2. The van der Waals surface area contributed by atoms with Crippen molar-refractivity contribution in [2.24, 2.45) is 5.73 Å². The van der Waals surface area contributed by atoms with Crippen molar-refractivity contribution in [1.29, 1.82) is 0 Å². The Morgan fingerprint density at radius 2 is 2.11 bits per heavy atom. The molecule has 1 aromatic rings. The number of benzene rings is 1. The Bertz CT molecular complexity index is 420. The van der Waals surface area contributed by atoms with Crippen LogP contribution in [0.3, 0.4) is 0 Å². The monoisotopic (exact) mass is 284 g/mol. The molecule has 5 heteroatoms. The Labute approximate surface area is 119 Å². The maximum absolute atomic E-state index is 11.7. The van der Waals surface area contributed by atoms with Crippen LogP contribution < -0.4 is 15.8 Å². The van der Waals surface area contributed by atoms with Crippen molar-refractivity contribution in [3.63, 3.8) is 0 Å². The number of carbonyl (C=O) groups is 1. The zero-order valence-corrected chi connectivity index (χ0v) is 12.2. The average molecular weight is 285 g/mol. The number of hydrogen-bond acceptors (Lipinski definition) is 3. The highest BCUT2D eigenvalue weighted by Crippen LogP contribution is 2.25. The molecular formula is C14H21ClN2O2. The van der Waals surface area contributed by atoms with Crippen LogP contribution in [0.15, 0.2) is 18.2 Å².